The highest BCUT2D eigenvalue weighted by Crippen LogP contribution is 2.50. The number of fused-ring (bicyclic) bond motifs is 1. The van der Waals surface area contributed by atoms with Crippen molar-refractivity contribution < 1.29 is 32.2 Å². The van der Waals surface area contributed by atoms with Crippen molar-refractivity contribution in [3.8, 4) is 23.2 Å². The quantitative estimate of drug-likeness (QED) is 0.163. The Bertz CT molecular complexity index is 2010. The third-order valence-electron chi connectivity index (χ3n) is 8.12. The normalized spacial score (nSPS) is 13.5. The van der Waals surface area contributed by atoms with Gasteiger partial charge in [-0.2, -0.15) is 5.26 Å². The number of rotatable bonds is 10. The molecule has 1 N–H and O–H groups in total. The van der Waals surface area contributed by atoms with E-state index in [1.807, 2.05) is 0 Å². The van der Waals surface area contributed by atoms with Crippen LogP contribution in [-0.2, 0) is 19.6 Å². The van der Waals surface area contributed by atoms with Gasteiger partial charge in [-0.3, -0.25) is 0 Å². The Labute approximate surface area is 255 Å². The van der Waals surface area contributed by atoms with Gasteiger partial charge in [0.2, 0.25) is 0 Å². The van der Waals surface area contributed by atoms with E-state index in [4.69, 9.17) is 4.74 Å². The van der Waals surface area contributed by atoms with E-state index >= 15 is 4.39 Å². The molecule has 6 rings (SSSR count). The number of aryl methyl sites for hydroxylation is 1. The van der Waals surface area contributed by atoms with Crippen LogP contribution in [0.25, 0.3) is 22.3 Å². The molecule has 1 fully saturated rings. The number of carbonyl (C=O) groups is 1. The molecule has 0 amide bonds. The molecule has 1 aliphatic carbocycles. The zero-order valence-electron chi connectivity index (χ0n) is 24.1. The summed E-state index contributed by atoms with van der Waals surface area (Å²) in [5.74, 6) is -4.01. The maximum Gasteiger partial charge on any atom is 0.335 e. The summed E-state index contributed by atoms with van der Waals surface area (Å²) in [6.07, 6.45) is 1.78. The number of hydrogen-bond donors (Lipinski definition) is 1. The second-order valence-corrected chi connectivity index (χ2v) is 11.4. The minimum Gasteiger partial charge on any atom is -0.478 e. The molecule has 228 valence electrons. The third kappa shape index (κ3) is 6.09. The molecule has 45 heavy (non-hydrogen) atoms. The highest BCUT2D eigenvalue weighted by molar-refractivity contribution is 5.92. The summed E-state index contributed by atoms with van der Waals surface area (Å²) in [6.45, 7) is 1.80. The van der Waals surface area contributed by atoms with E-state index in [9.17, 15) is 28.3 Å². The van der Waals surface area contributed by atoms with Crippen molar-refractivity contribution in [3.05, 3.63) is 112 Å². The van der Waals surface area contributed by atoms with E-state index in [0.29, 0.717) is 17.9 Å². The van der Waals surface area contributed by atoms with E-state index in [1.165, 1.54) is 30.3 Å². The van der Waals surface area contributed by atoms with Gasteiger partial charge in [0.05, 0.1) is 22.8 Å². The fraction of sp³-hybridized carbons (Fsp3) is 0.235. The largest absolute Gasteiger partial charge is 0.478 e. The number of ether oxygens (including phenoxy) is 1. The Balaban J connectivity index is 1.29. The van der Waals surface area contributed by atoms with Gasteiger partial charge in [0.15, 0.2) is 11.6 Å². The lowest BCUT2D eigenvalue weighted by Gasteiger charge is -2.16. The van der Waals surface area contributed by atoms with Crippen LogP contribution in [0.1, 0.15) is 52.1 Å². The molecule has 1 saturated carbocycles. The second kappa shape index (κ2) is 11.7. The first-order chi connectivity index (χ1) is 21.6. The molecule has 7 nitrogen and oxygen atoms in total. The number of pyridine rings is 1. The molecule has 0 saturated heterocycles. The number of halogens is 4. The minimum absolute atomic E-state index is 0.0339. The fourth-order valence-electron chi connectivity index (χ4n) is 5.36. The first-order valence-electron chi connectivity index (χ1n) is 14.2. The number of nitrogens with zero attached hydrogens (tertiary/aromatic N) is 4. The number of aromatic carboxylic acids is 1. The first kappa shape index (κ1) is 29.8. The van der Waals surface area contributed by atoms with Gasteiger partial charge in [-0.25, -0.2) is 32.3 Å². The van der Waals surface area contributed by atoms with Crippen molar-refractivity contribution in [2.75, 3.05) is 0 Å². The lowest BCUT2D eigenvalue weighted by molar-refractivity contribution is 0.0696. The van der Waals surface area contributed by atoms with E-state index in [0.717, 1.165) is 30.5 Å². The van der Waals surface area contributed by atoms with Crippen LogP contribution in [0.15, 0.2) is 60.7 Å². The SMILES string of the molecule is Cc1ccc(COc2nc(-c3ccc(Cc4nc5c(F)cc(C(=O)O)cc5n4CC4(CC#N)CC4)c(F)c3)ccc2F)c(F)c1. The van der Waals surface area contributed by atoms with Gasteiger partial charge in [-0.05, 0) is 67.3 Å². The standard InChI is InChI=1S/C34H26F4N4O3/c1-19-2-3-22(25(36)12-19)17-45-32-24(35)6-7-28(40-32)21-5-4-20(26(37)13-21)16-30-41-31-27(38)14-23(33(43)44)15-29(31)42(30)18-34(8-9-34)10-11-39/h2-7,12-15H,8-10,16-18H2,1H3,(H,43,44). The van der Waals surface area contributed by atoms with Crippen LogP contribution in [0.4, 0.5) is 17.6 Å². The summed E-state index contributed by atoms with van der Waals surface area (Å²) in [5.41, 5.74) is 1.39. The summed E-state index contributed by atoms with van der Waals surface area (Å²) < 4.78 is 66.4. The van der Waals surface area contributed by atoms with Gasteiger partial charge < -0.3 is 14.4 Å². The Morgan fingerprint density at radius 3 is 2.40 bits per heavy atom. The summed E-state index contributed by atoms with van der Waals surface area (Å²) in [4.78, 5) is 20.2. The maximum atomic E-state index is 15.5. The van der Waals surface area contributed by atoms with Crippen molar-refractivity contribution in [1.82, 2.24) is 14.5 Å². The van der Waals surface area contributed by atoms with Crippen LogP contribution in [0.5, 0.6) is 5.88 Å². The monoisotopic (exact) mass is 614 g/mol. The highest BCUT2D eigenvalue weighted by atomic mass is 19.1. The number of benzene rings is 3. The molecule has 2 heterocycles. The summed E-state index contributed by atoms with van der Waals surface area (Å²) >= 11 is 0. The molecule has 0 radical (unpaired) electrons. The Morgan fingerprint density at radius 2 is 1.71 bits per heavy atom. The fourth-order valence-corrected chi connectivity index (χ4v) is 5.36. The minimum atomic E-state index is -1.30. The lowest BCUT2D eigenvalue weighted by Crippen LogP contribution is -2.15. The first-order valence-corrected chi connectivity index (χ1v) is 14.2. The molecular weight excluding hydrogens is 588 g/mol. The molecule has 0 bridgehead atoms. The maximum absolute atomic E-state index is 15.5. The molecule has 0 unspecified atom stereocenters. The molecule has 0 spiro atoms. The number of hydrogen-bond acceptors (Lipinski definition) is 5. The number of aromatic nitrogens is 3. The summed E-state index contributed by atoms with van der Waals surface area (Å²) in [7, 11) is 0. The van der Waals surface area contributed by atoms with E-state index in [2.05, 4.69) is 16.0 Å². The second-order valence-electron chi connectivity index (χ2n) is 11.4. The van der Waals surface area contributed by atoms with Gasteiger partial charge in [0, 0.05) is 35.9 Å². The average molecular weight is 615 g/mol. The lowest BCUT2D eigenvalue weighted by atomic mass is 10.0. The molecule has 2 aromatic heterocycles. The zero-order chi connectivity index (χ0) is 31.9. The van der Waals surface area contributed by atoms with E-state index in [1.54, 1.807) is 29.7 Å². The van der Waals surface area contributed by atoms with Crippen molar-refractivity contribution >= 4 is 17.0 Å². The van der Waals surface area contributed by atoms with Gasteiger partial charge in [0.1, 0.15) is 29.6 Å². The molecule has 1 aliphatic rings. The predicted molar refractivity (Wildman–Crippen MR) is 156 cm³/mol. The van der Waals surface area contributed by atoms with Gasteiger partial charge in [-0.15, -0.1) is 0 Å². The van der Waals surface area contributed by atoms with Crippen LogP contribution < -0.4 is 4.74 Å². The van der Waals surface area contributed by atoms with E-state index < -0.39 is 29.2 Å². The molecule has 0 aliphatic heterocycles. The predicted octanol–water partition coefficient (Wildman–Crippen LogP) is 7.53. The van der Waals surface area contributed by atoms with Crippen molar-refractivity contribution in [1.29, 1.82) is 5.26 Å². The van der Waals surface area contributed by atoms with Crippen molar-refractivity contribution in [2.24, 2.45) is 5.41 Å². The molecule has 11 heteroatoms. The smallest absolute Gasteiger partial charge is 0.335 e. The Hall–Kier alpha value is -5.24. The van der Waals surface area contributed by atoms with Crippen LogP contribution in [-0.4, -0.2) is 25.6 Å². The average Bonchev–Trinajstić information content (AvgIpc) is 3.68. The number of imidazole rings is 1. The topological polar surface area (TPSA) is 101 Å². The van der Waals surface area contributed by atoms with Gasteiger partial charge >= 0.3 is 5.97 Å². The molecule has 3 aromatic carbocycles. The van der Waals surface area contributed by atoms with Gasteiger partial charge in [0.25, 0.3) is 5.88 Å². The molecule has 5 aromatic rings. The number of carboxylic acid groups (broad SMARTS) is 1. The van der Waals surface area contributed by atoms with E-state index in [-0.39, 0.29) is 64.2 Å². The van der Waals surface area contributed by atoms with Crippen LogP contribution in [0.3, 0.4) is 0 Å². The highest BCUT2D eigenvalue weighted by Gasteiger charge is 2.43. The Morgan fingerprint density at radius 1 is 0.956 bits per heavy atom. The summed E-state index contributed by atoms with van der Waals surface area (Å²) in [5, 5.41) is 18.8. The van der Waals surface area contributed by atoms with Crippen molar-refractivity contribution in [3.63, 3.8) is 0 Å². The number of nitriles is 1. The summed E-state index contributed by atoms with van der Waals surface area (Å²) in [6, 6.07) is 15.9. The third-order valence-corrected chi connectivity index (χ3v) is 8.12. The van der Waals surface area contributed by atoms with Crippen LogP contribution in [0, 0.1) is 46.9 Å². The molecular formula is C34H26F4N4O3. The van der Waals surface area contributed by atoms with Gasteiger partial charge in [-0.1, -0.05) is 24.3 Å². The molecule has 0 atom stereocenters. The van der Waals surface area contributed by atoms with Crippen LogP contribution >= 0.6 is 0 Å². The van der Waals surface area contributed by atoms with Crippen LogP contribution in [0.2, 0.25) is 0 Å². The zero-order valence-corrected chi connectivity index (χ0v) is 24.1. The number of carboxylic acids is 1. The Kier molecular flexibility index (Phi) is 7.74. The van der Waals surface area contributed by atoms with Crippen molar-refractivity contribution in [2.45, 2.75) is 45.8 Å².